The smallest absolute Gasteiger partial charge is 0.244 e. The minimum Gasteiger partial charge on any atom is -0.390 e. The van der Waals surface area contributed by atoms with Crippen LogP contribution >= 0.6 is 0 Å². The molecular formula is C12H20N4O2. The maximum absolute atomic E-state index is 12.1. The van der Waals surface area contributed by atoms with Crippen LogP contribution in [0, 0.1) is 0 Å². The summed E-state index contributed by atoms with van der Waals surface area (Å²) < 4.78 is 1.49. The van der Waals surface area contributed by atoms with Crippen LogP contribution in [0.2, 0.25) is 0 Å². The van der Waals surface area contributed by atoms with Gasteiger partial charge in [0.15, 0.2) is 0 Å². The molecule has 0 spiro atoms. The fourth-order valence-electron chi connectivity index (χ4n) is 2.22. The zero-order valence-electron chi connectivity index (χ0n) is 10.6. The molecule has 0 aliphatic carbocycles. The van der Waals surface area contributed by atoms with Crippen molar-refractivity contribution in [3.05, 3.63) is 11.9 Å². The molecule has 1 amide bonds. The van der Waals surface area contributed by atoms with E-state index in [9.17, 15) is 4.79 Å². The average Bonchev–Trinajstić information content (AvgIpc) is 2.76. The van der Waals surface area contributed by atoms with E-state index in [-0.39, 0.29) is 19.1 Å². The van der Waals surface area contributed by atoms with Gasteiger partial charge < -0.3 is 10.0 Å². The Hall–Kier alpha value is -1.43. The van der Waals surface area contributed by atoms with E-state index in [1.54, 1.807) is 6.20 Å². The third-order valence-corrected chi connectivity index (χ3v) is 3.25. The molecule has 1 saturated heterocycles. The zero-order chi connectivity index (χ0) is 12.8. The number of rotatable bonds is 3. The van der Waals surface area contributed by atoms with E-state index in [1.165, 1.54) is 23.9 Å². The summed E-state index contributed by atoms with van der Waals surface area (Å²) in [4.78, 5) is 14.0. The molecule has 2 rings (SSSR count). The number of aliphatic hydroxyl groups is 1. The van der Waals surface area contributed by atoms with Gasteiger partial charge in [-0.1, -0.05) is 24.5 Å². The summed E-state index contributed by atoms with van der Waals surface area (Å²) in [6.07, 6.45) is 7.49. The molecule has 6 nitrogen and oxygen atoms in total. The molecule has 100 valence electrons. The van der Waals surface area contributed by atoms with Crippen molar-refractivity contribution in [2.45, 2.75) is 45.3 Å². The zero-order valence-corrected chi connectivity index (χ0v) is 10.6. The van der Waals surface area contributed by atoms with Gasteiger partial charge in [-0.2, -0.15) is 0 Å². The molecule has 0 unspecified atom stereocenters. The standard InChI is InChI=1S/C12H20N4O2/c17-10-11-8-16(14-13-11)9-12(18)15-6-4-2-1-3-5-7-15/h8,17H,1-7,9-10H2. The van der Waals surface area contributed by atoms with Gasteiger partial charge in [-0.25, -0.2) is 4.68 Å². The van der Waals surface area contributed by atoms with Crippen molar-refractivity contribution in [3.8, 4) is 0 Å². The molecule has 1 aliphatic heterocycles. The lowest BCUT2D eigenvalue weighted by Gasteiger charge is -2.24. The summed E-state index contributed by atoms with van der Waals surface area (Å²) in [6.45, 7) is 1.77. The highest BCUT2D eigenvalue weighted by Gasteiger charge is 2.15. The second kappa shape index (κ2) is 6.49. The first-order chi connectivity index (χ1) is 8.79. The lowest BCUT2D eigenvalue weighted by molar-refractivity contribution is -0.132. The van der Waals surface area contributed by atoms with Crippen LogP contribution < -0.4 is 0 Å². The predicted molar refractivity (Wildman–Crippen MR) is 65.6 cm³/mol. The predicted octanol–water partition coefficient (Wildman–Crippen LogP) is 0.563. The van der Waals surface area contributed by atoms with Crippen molar-refractivity contribution in [2.75, 3.05) is 13.1 Å². The molecule has 0 saturated carbocycles. The number of hydrogen-bond acceptors (Lipinski definition) is 4. The quantitative estimate of drug-likeness (QED) is 0.853. The Morgan fingerprint density at radius 3 is 2.50 bits per heavy atom. The first kappa shape index (κ1) is 13.0. The number of carbonyl (C=O) groups is 1. The minimum atomic E-state index is -0.141. The second-order valence-corrected chi connectivity index (χ2v) is 4.71. The van der Waals surface area contributed by atoms with Crippen LogP contribution in [0.25, 0.3) is 0 Å². The normalized spacial score (nSPS) is 17.3. The van der Waals surface area contributed by atoms with Crippen molar-refractivity contribution >= 4 is 5.91 Å². The Bertz CT molecular complexity index is 383. The Morgan fingerprint density at radius 2 is 1.89 bits per heavy atom. The van der Waals surface area contributed by atoms with Gasteiger partial charge in [-0.15, -0.1) is 5.10 Å². The third-order valence-electron chi connectivity index (χ3n) is 3.25. The molecule has 0 bridgehead atoms. The summed E-state index contributed by atoms with van der Waals surface area (Å²) in [5.41, 5.74) is 0.496. The summed E-state index contributed by atoms with van der Waals surface area (Å²) in [6, 6.07) is 0. The third kappa shape index (κ3) is 3.53. The lowest BCUT2D eigenvalue weighted by atomic mass is 10.1. The number of amides is 1. The van der Waals surface area contributed by atoms with E-state index in [0.717, 1.165) is 25.9 Å². The Morgan fingerprint density at radius 1 is 1.22 bits per heavy atom. The summed E-state index contributed by atoms with van der Waals surface area (Å²) in [7, 11) is 0. The van der Waals surface area contributed by atoms with E-state index in [4.69, 9.17) is 5.11 Å². The van der Waals surface area contributed by atoms with Crippen LogP contribution in [0.5, 0.6) is 0 Å². The molecule has 1 N–H and O–H groups in total. The summed E-state index contributed by atoms with van der Waals surface area (Å²) >= 11 is 0. The topological polar surface area (TPSA) is 71.2 Å². The van der Waals surface area contributed by atoms with Gasteiger partial charge in [0, 0.05) is 13.1 Å². The molecular weight excluding hydrogens is 232 g/mol. The van der Waals surface area contributed by atoms with Crippen LogP contribution in [0.15, 0.2) is 6.20 Å². The van der Waals surface area contributed by atoms with Gasteiger partial charge in [-0.05, 0) is 12.8 Å². The van der Waals surface area contributed by atoms with Gasteiger partial charge in [-0.3, -0.25) is 4.79 Å². The molecule has 0 aromatic carbocycles. The second-order valence-electron chi connectivity index (χ2n) is 4.71. The van der Waals surface area contributed by atoms with Crippen molar-refractivity contribution < 1.29 is 9.90 Å². The van der Waals surface area contributed by atoms with E-state index in [2.05, 4.69) is 10.3 Å². The van der Waals surface area contributed by atoms with Gasteiger partial charge in [0.05, 0.1) is 12.8 Å². The number of hydrogen-bond donors (Lipinski definition) is 1. The number of carbonyl (C=O) groups excluding carboxylic acids is 1. The monoisotopic (exact) mass is 252 g/mol. The number of nitrogens with zero attached hydrogens (tertiary/aromatic N) is 4. The van der Waals surface area contributed by atoms with Crippen LogP contribution in [-0.2, 0) is 17.9 Å². The van der Waals surface area contributed by atoms with E-state index in [0.29, 0.717) is 5.69 Å². The largest absolute Gasteiger partial charge is 0.390 e. The molecule has 6 heteroatoms. The van der Waals surface area contributed by atoms with E-state index >= 15 is 0 Å². The fourth-order valence-corrected chi connectivity index (χ4v) is 2.22. The highest BCUT2D eigenvalue weighted by molar-refractivity contribution is 5.75. The average molecular weight is 252 g/mol. The van der Waals surface area contributed by atoms with Gasteiger partial charge >= 0.3 is 0 Å². The first-order valence-corrected chi connectivity index (χ1v) is 6.57. The number of aromatic nitrogens is 3. The van der Waals surface area contributed by atoms with Crippen LogP contribution in [-0.4, -0.2) is 44.0 Å². The maximum atomic E-state index is 12.1. The molecule has 1 aromatic heterocycles. The van der Waals surface area contributed by atoms with Crippen LogP contribution in [0.1, 0.15) is 37.8 Å². The molecule has 2 heterocycles. The fraction of sp³-hybridized carbons (Fsp3) is 0.750. The molecule has 0 radical (unpaired) electrons. The lowest BCUT2D eigenvalue weighted by Crippen LogP contribution is -2.36. The molecule has 0 atom stereocenters. The molecule has 1 aromatic rings. The van der Waals surface area contributed by atoms with Crippen molar-refractivity contribution in [1.82, 2.24) is 19.9 Å². The van der Waals surface area contributed by atoms with Crippen molar-refractivity contribution in [3.63, 3.8) is 0 Å². The van der Waals surface area contributed by atoms with E-state index < -0.39 is 0 Å². The summed E-state index contributed by atoms with van der Waals surface area (Å²) in [5.74, 6) is 0.0892. The van der Waals surface area contributed by atoms with Crippen molar-refractivity contribution in [2.24, 2.45) is 0 Å². The summed E-state index contributed by atoms with van der Waals surface area (Å²) in [5, 5.41) is 16.5. The SMILES string of the molecule is O=C(Cn1cc(CO)nn1)N1CCCCCCC1. The van der Waals surface area contributed by atoms with Gasteiger partial charge in [0.1, 0.15) is 12.2 Å². The van der Waals surface area contributed by atoms with Crippen LogP contribution in [0.3, 0.4) is 0 Å². The first-order valence-electron chi connectivity index (χ1n) is 6.57. The number of likely N-dealkylation sites (tertiary alicyclic amines) is 1. The Balaban J connectivity index is 1.89. The molecule has 1 aliphatic rings. The van der Waals surface area contributed by atoms with Gasteiger partial charge in [0.25, 0.3) is 0 Å². The highest BCUT2D eigenvalue weighted by atomic mass is 16.3. The van der Waals surface area contributed by atoms with Crippen molar-refractivity contribution in [1.29, 1.82) is 0 Å². The Labute approximate surface area is 107 Å². The molecule has 18 heavy (non-hydrogen) atoms. The maximum Gasteiger partial charge on any atom is 0.244 e. The van der Waals surface area contributed by atoms with E-state index in [1.807, 2.05) is 4.90 Å². The molecule has 1 fully saturated rings. The minimum absolute atomic E-state index is 0.0892. The highest BCUT2D eigenvalue weighted by Crippen LogP contribution is 2.10. The number of aliphatic hydroxyl groups excluding tert-OH is 1. The Kier molecular flexibility index (Phi) is 4.69. The van der Waals surface area contributed by atoms with Gasteiger partial charge in [0.2, 0.25) is 5.91 Å². The van der Waals surface area contributed by atoms with Crippen LogP contribution in [0.4, 0.5) is 0 Å².